The van der Waals surface area contributed by atoms with Crippen LogP contribution in [0.4, 0.5) is 0 Å². The first kappa shape index (κ1) is 21.5. The minimum Gasteiger partial charge on any atom is -0.340 e. The molecule has 0 spiro atoms. The van der Waals surface area contributed by atoms with E-state index in [1.54, 1.807) is 11.0 Å². The summed E-state index contributed by atoms with van der Waals surface area (Å²) in [5.41, 5.74) is 2.99. The van der Waals surface area contributed by atoms with Crippen LogP contribution in [0.1, 0.15) is 46.7 Å². The molecule has 0 aromatic heterocycles. The Labute approximate surface area is 194 Å². The van der Waals surface area contributed by atoms with Crippen molar-refractivity contribution in [2.45, 2.75) is 37.6 Å². The van der Waals surface area contributed by atoms with Gasteiger partial charge in [0.05, 0.1) is 0 Å². The van der Waals surface area contributed by atoms with Crippen LogP contribution in [0.25, 0.3) is 0 Å². The first-order valence-electron chi connectivity index (χ1n) is 11.7. The highest BCUT2D eigenvalue weighted by molar-refractivity contribution is 6.32. The van der Waals surface area contributed by atoms with Gasteiger partial charge in [-0.05, 0) is 68.0 Å². The van der Waals surface area contributed by atoms with E-state index in [9.17, 15) is 9.59 Å². The Morgan fingerprint density at radius 3 is 2.50 bits per heavy atom. The number of piperidine rings is 1. The number of hydrogen-bond acceptors (Lipinski definition) is 3. The number of likely N-dealkylation sites (tertiary alicyclic amines) is 2. The van der Waals surface area contributed by atoms with E-state index in [0.29, 0.717) is 35.5 Å². The summed E-state index contributed by atoms with van der Waals surface area (Å²) >= 11 is 6.25. The molecule has 3 aliphatic heterocycles. The predicted octanol–water partition coefficient (Wildman–Crippen LogP) is 3.82. The van der Waals surface area contributed by atoms with E-state index in [1.807, 2.05) is 17.0 Å². The molecule has 2 aromatic rings. The van der Waals surface area contributed by atoms with E-state index in [-0.39, 0.29) is 18.4 Å². The van der Waals surface area contributed by atoms with Gasteiger partial charge in [-0.25, -0.2) is 0 Å². The number of rotatable bonds is 4. The van der Waals surface area contributed by atoms with Crippen molar-refractivity contribution in [2.24, 2.45) is 0 Å². The van der Waals surface area contributed by atoms with Crippen molar-refractivity contribution in [2.75, 3.05) is 39.3 Å². The molecule has 2 aromatic carbocycles. The van der Waals surface area contributed by atoms with Crippen LogP contribution >= 0.6 is 11.6 Å². The average Bonchev–Trinajstić information content (AvgIpc) is 3.33. The Bertz CT molecular complexity index is 988. The summed E-state index contributed by atoms with van der Waals surface area (Å²) in [6, 6.07) is 16.7. The summed E-state index contributed by atoms with van der Waals surface area (Å²) in [6.45, 7) is 4.45. The molecule has 5 nitrogen and oxygen atoms in total. The lowest BCUT2D eigenvalue weighted by atomic mass is 9.89. The maximum absolute atomic E-state index is 13.0. The van der Waals surface area contributed by atoms with Gasteiger partial charge in [-0.15, -0.1) is 0 Å². The predicted molar refractivity (Wildman–Crippen MR) is 126 cm³/mol. The third kappa shape index (κ3) is 4.28. The minimum atomic E-state index is -0.0826. The molecule has 2 saturated heterocycles. The highest BCUT2D eigenvalue weighted by atomic mass is 35.5. The third-order valence-corrected chi connectivity index (χ3v) is 7.78. The Kier molecular flexibility index (Phi) is 6.20. The standard InChI is InChI=1S/C26H30ClN3O2/c27-24-8-4-7-23-22(24)12-16-30(26(23)32)18-25(31)29-15-11-21(17-29)28-13-9-20(10-14-28)19-5-2-1-3-6-19/h1-8,20-21H,9-18H2. The van der Waals surface area contributed by atoms with Gasteiger partial charge in [-0.1, -0.05) is 48.0 Å². The molecule has 0 bridgehead atoms. The summed E-state index contributed by atoms with van der Waals surface area (Å²) in [7, 11) is 0. The molecule has 32 heavy (non-hydrogen) atoms. The van der Waals surface area contributed by atoms with Gasteiger partial charge in [0.1, 0.15) is 6.54 Å². The molecule has 168 valence electrons. The van der Waals surface area contributed by atoms with E-state index < -0.39 is 0 Å². The Hall–Kier alpha value is -2.37. The molecule has 0 radical (unpaired) electrons. The fourth-order valence-electron chi connectivity index (χ4n) is 5.54. The number of fused-ring (bicyclic) bond motifs is 1. The van der Waals surface area contributed by atoms with Gasteiger partial charge in [-0.2, -0.15) is 0 Å². The van der Waals surface area contributed by atoms with E-state index in [4.69, 9.17) is 11.6 Å². The number of nitrogens with zero attached hydrogens (tertiary/aromatic N) is 3. The van der Waals surface area contributed by atoms with Gasteiger partial charge >= 0.3 is 0 Å². The monoisotopic (exact) mass is 451 g/mol. The summed E-state index contributed by atoms with van der Waals surface area (Å²) in [4.78, 5) is 32.1. The molecule has 1 unspecified atom stereocenters. The van der Waals surface area contributed by atoms with Gasteiger partial charge in [0.15, 0.2) is 0 Å². The van der Waals surface area contributed by atoms with Crippen molar-refractivity contribution >= 4 is 23.4 Å². The smallest absolute Gasteiger partial charge is 0.254 e. The molecule has 3 heterocycles. The number of amides is 2. The molecular formula is C26H30ClN3O2. The number of carbonyl (C=O) groups excluding carboxylic acids is 2. The average molecular weight is 452 g/mol. The van der Waals surface area contributed by atoms with Crippen LogP contribution < -0.4 is 0 Å². The maximum Gasteiger partial charge on any atom is 0.254 e. The molecule has 2 amide bonds. The van der Waals surface area contributed by atoms with E-state index in [2.05, 4.69) is 35.2 Å². The van der Waals surface area contributed by atoms with Crippen LogP contribution in [-0.4, -0.2) is 71.8 Å². The zero-order chi connectivity index (χ0) is 22.1. The zero-order valence-electron chi connectivity index (χ0n) is 18.4. The molecule has 1 atom stereocenters. The molecule has 6 heteroatoms. The lowest BCUT2D eigenvalue weighted by Crippen LogP contribution is -2.47. The fourth-order valence-corrected chi connectivity index (χ4v) is 5.80. The first-order chi connectivity index (χ1) is 15.6. The normalized spacial score (nSPS) is 22.3. The van der Waals surface area contributed by atoms with Gasteiger partial charge in [0, 0.05) is 36.3 Å². The number of hydrogen-bond donors (Lipinski definition) is 0. The van der Waals surface area contributed by atoms with Crippen LogP contribution in [0, 0.1) is 0 Å². The van der Waals surface area contributed by atoms with Crippen molar-refractivity contribution in [1.82, 2.24) is 14.7 Å². The number of halogens is 1. The SMILES string of the molecule is O=C(CN1CCc2c(Cl)cccc2C1=O)N1CCC(N2CCC(c3ccccc3)CC2)C1. The zero-order valence-corrected chi connectivity index (χ0v) is 19.1. The minimum absolute atomic E-state index is 0.0606. The largest absolute Gasteiger partial charge is 0.340 e. The highest BCUT2D eigenvalue weighted by Gasteiger charge is 2.34. The number of benzene rings is 2. The Balaban J connectivity index is 1.13. The lowest BCUT2D eigenvalue weighted by Gasteiger charge is -2.36. The van der Waals surface area contributed by atoms with E-state index >= 15 is 0 Å². The van der Waals surface area contributed by atoms with Crippen molar-refractivity contribution in [1.29, 1.82) is 0 Å². The first-order valence-corrected chi connectivity index (χ1v) is 12.1. The fraction of sp³-hybridized carbons (Fsp3) is 0.462. The summed E-state index contributed by atoms with van der Waals surface area (Å²) in [5.74, 6) is 0.624. The molecular weight excluding hydrogens is 422 g/mol. The van der Waals surface area contributed by atoms with E-state index in [0.717, 1.165) is 38.2 Å². The maximum atomic E-state index is 13.0. The van der Waals surface area contributed by atoms with Crippen molar-refractivity contribution < 1.29 is 9.59 Å². The molecule has 2 fully saturated rings. The van der Waals surface area contributed by atoms with Crippen molar-refractivity contribution in [3.8, 4) is 0 Å². The number of carbonyl (C=O) groups is 2. The molecule has 0 aliphatic carbocycles. The van der Waals surface area contributed by atoms with Gasteiger partial charge in [0.25, 0.3) is 5.91 Å². The lowest BCUT2D eigenvalue weighted by molar-refractivity contribution is -0.131. The molecule has 0 N–H and O–H groups in total. The van der Waals surface area contributed by atoms with Gasteiger partial charge < -0.3 is 9.80 Å². The molecule has 3 aliphatic rings. The van der Waals surface area contributed by atoms with Gasteiger partial charge in [0.2, 0.25) is 5.91 Å². The van der Waals surface area contributed by atoms with E-state index in [1.165, 1.54) is 18.4 Å². The van der Waals surface area contributed by atoms with Crippen LogP contribution in [0.3, 0.4) is 0 Å². The summed E-state index contributed by atoms with van der Waals surface area (Å²) in [5, 5.41) is 0.639. The van der Waals surface area contributed by atoms with Crippen molar-refractivity contribution in [3.05, 3.63) is 70.2 Å². The van der Waals surface area contributed by atoms with Crippen LogP contribution in [0.15, 0.2) is 48.5 Å². The quantitative estimate of drug-likeness (QED) is 0.709. The molecule has 5 rings (SSSR count). The van der Waals surface area contributed by atoms with Crippen LogP contribution in [0.2, 0.25) is 5.02 Å². The van der Waals surface area contributed by atoms with Crippen LogP contribution in [0.5, 0.6) is 0 Å². The second kappa shape index (κ2) is 9.24. The third-order valence-electron chi connectivity index (χ3n) is 7.43. The Morgan fingerprint density at radius 2 is 1.72 bits per heavy atom. The second-order valence-electron chi connectivity index (χ2n) is 9.25. The van der Waals surface area contributed by atoms with Crippen molar-refractivity contribution in [3.63, 3.8) is 0 Å². The molecule has 0 saturated carbocycles. The van der Waals surface area contributed by atoms with Crippen LogP contribution in [-0.2, 0) is 11.2 Å². The highest BCUT2D eigenvalue weighted by Crippen LogP contribution is 2.30. The second-order valence-corrected chi connectivity index (χ2v) is 9.65. The van der Waals surface area contributed by atoms with Gasteiger partial charge in [-0.3, -0.25) is 14.5 Å². The summed E-state index contributed by atoms with van der Waals surface area (Å²) < 4.78 is 0. The topological polar surface area (TPSA) is 43.9 Å². The summed E-state index contributed by atoms with van der Waals surface area (Å²) in [6.07, 6.45) is 4.08. The Morgan fingerprint density at radius 1 is 0.938 bits per heavy atom.